The minimum absolute atomic E-state index is 0.112. The average molecular weight is 314 g/mol. The van der Waals surface area contributed by atoms with E-state index in [0.29, 0.717) is 0 Å². The molecular weight excluding hydrogens is 302 g/mol. The molecule has 0 bridgehead atoms. The third-order valence-corrected chi connectivity index (χ3v) is 3.05. The van der Waals surface area contributed by atoms with Gasteiger partial charge in [0.2, 0.25) is 10.2 Å². The van der Waals surface area contributed by atoms with Crippen molar-refractivity contribution in [2.75, 3.05) is 0 Å². The highest BCUT2D eigenvalue weighted by molar-refractivity contribution is 7.91. The van der Waals surface area contributed by atoms with Crippen molar-refractivity contribution in [3.63, 3.8) is 0 Å². The molecule has 0 aromatic heterocycles. The maximum Gasteiger partial charge on any atom is 0.365 e. The Bertz CT molecular complexity index is 546. The normalized spacial score (nSPS) is 14.0. The van der Waals surface area contributed by atoms with Crippen molar-refractivity contribution in [3.05, 3.63) is 47.6 Å². The largest absolute Gasteiger partial charge is 0.428 e. The predicted molar refractivity (Wildman–Crippen MR) is 66.9 cm³/mol. The van der Waals surface area contributed by atoms with Crippen molar-refractivity contribution >= 4 is 20.4 Å². The summed E-state index contributed by atoms with van der Waals surface area (Å²) < 4.78 is 72.8. The highest BCUT2D eigenvalue weighted by Crippen LogP contribution is 2.21. The molecule has 0 atom stereocenters. The van der Waals surface area contributed by atoms with Gasteiger partial charge < -0.3 is 4.74 Å². The summed E-state index contributed by atoms with van der Waals surface area (Å²) in [7, 11) is -10.6. The highest BCUT2D eigenvalue weighted by atomic mass is 32.3. The number of hydrogen-bond donors (Lipinski definition) is 0. The first-order valence-electron chi connectivity index (χ1n) is 4.82. The van der Waals surface area contributed by atoms with E-state index in [9.17, 15) is 24.6 Å². The monoisotopic (exact) mass is 314 g/mol. The molecule has 0 aliphatic carbocycles. The van der Waals surface area contributed by atoms with E-state index in [2.05, 4.69) is 17.9 Å². The van der Waals surface area contributed by atoms with Gasteiger partial charge in [-0.3, -0.25) is 0 Å². The fraction of sp³-hybridized carbons (Fsp3) is 0.200. The molecule has 0 N–H and O–H groups in total. The minimum Gasteiger partial charge on any atom is -0.428 e. The lowest BCUT2D eigenvalue weighted by Gasteiger charge is -2.06. The van der Waals surface area contributed by atoms with Gasteiger partial charge in [0.05, 0.1) is 0 Å². The van der Waals surface area contributed by atoms with Crippen molar-refractivity contribution in [1.82, 2.24) is 0 Å². The van der Waals surface area contributed by atoms with Gasteiger partial charge in [0.1, 0.15) is 0 Å². The van der Waals surface area contributed by atoms with Crippen LogP contribution in [0, 0.1) is 0 Å². The quantitative estimate of drug-likeness (QED) is 0.391. The van der Waals surface area contributed by atoms with E-state index in [1.165, 1.54) is 12.2 Å². The predicted octanol–water partition coefficient (Wildman–Crippen LogP) is 2.44. The van der Waals surface area contributed by atoms with Crippen LogP contribution in [-0.2, 0) is 25.2 Å². The minimum atomic E-state index is -5.32. The second kappa shape index (κ2) is 7.19. The summed E-state index contributed by atoms with van der Waals surface area (Å²) in [5.74, 6) is 0. The van der Waals surface area contributed by atoms with Crippen LogP contribution in [0.3, 0.4) is 0 Å². The van der Waals surface area contributed by atoms with Gasteiger partial charge in [-0.2, -0.15) is 16.8 Å². The Labute approximate surface area is 111 Å². The van der Waals surface area contributed by atoms with E-state index < -0.39 is 30.6 Å². The topological polar surface area (TPSA) is 77.5 Å². The average Bonchev–Trinajstić information content (AvgIpc) is 2.24. The molecule has 0 aromatic carbocycles. The Morgan fingerprint density at radius 1 is 0.895 bits per heavy atom. The molecule has 0 rings (SSSR count). The zero-order valence-corrected chi connectivity index (χ0v) is 11.4. The van der Waals surface area contributed by atoms with Crippen LogP contribution in [-0.4, -0.2) is 16.8 Å². The lowest BCUT2D eigenvalue weighted by molar-refractivity contribution is 0.342. The Kier molecular flexibility index (Phi) is 6.63. The Hall–Kier alpha value is -1.48. The molecule has 0 saturated carbocycles. The first kappa shape index (κ1) is 17.5. The molecule has 0 amide bonds. The fourth-order valence-electron chi connectivity index (χ4n) is 0.840. The first-order chi connectivity index (χ1) is 8.62. The van der Waals surface area contributed by atoms with Crippen molar-refractivity contribution in [2.24, 2.45) is 0 Å². The molecule has 0 radical (unpaired) electrons. The zero-order valence-electron chi connectivity index (χ0n) is 9.75. The summed E-state index contributed by atoms with van der Waals surface area (Å²) in [6.07, 6.45) is 3.64. The van der Waals surface area contributed by atoms with Crippen LogP contribution in [0.15, 0.2) is 47.6 Å². The van der Waals surface area contributed by atoms with Gasteiger partial charge in [-0.1, -0.05) is 19.9 Å². The Morgan fingerprint density at radius 2 is 1.21 bits per heavy atom. The van der Waals surface area contributed by atoms with Crippen LogP contribution >= 0.6 is 0 Å². The molecule has 0 unspecified atom stereocenters. The van der Waals surface area contributed by atoms with Gasteiger partial charge in [-0.25, -0.2) is 0 Å². The van der Waals surface area contributed by atoms with Crippen LogP contribution < -0.4 is 0 Å². The molecule has 0 heterocycles. The lowest BCUT2D eigenvalue weighted by atomic mass is 10.4. The summed E-state index contributed by atoms with van der Waals surface area (Å²) in [6, 6.07) is 0. The van der Waals surface area contributed by atoms with E-state index in [1.807, 2.05) is 0 Å². The van der Waals surface area contributed by atoms with Gasteiger partial charge in [0.25, 0.3) is 0 Å². The lowest BCUT2D eigenvalue weighted by Crippen LogP contribution is -2.07. The third kappa shape index (κ3) is 6.87. The van der Waals surface area contributed by atoms with E-state index in [1.54, 1.807) is 0 Å². The zero-order chi connectivity index (χ0) is 15.1. The summed E-state index contributed by atoms with van der Waals surface area (Å²) in [5, 5.41) is -2.63. The summed E-state index contributed by atoms with van der Waals surface area (Å²) in [5.41, 5.74) is 0. The number of ether oxygens (including phenoxy) is 1. The summed E-state index contributed by atoms with van der Waals surface area (Å²) in [6.45, 7) is 6.51. The van der Waals surface area contributed by atoms with Crippen molar-refractivity contribution < 1.29 is 29.3 Å². The third-order valence-electron chi connectivity index (χ3n) is 1.58. The SMILES string of the molecule is C=CC/C=C(\O/C(=C\CC=C)S(=O)(=O)F)S(=O)(=O)F. The highest BCUT2D eigenvalue weighted by Gasteiger charge is 2.25. The van der Waals surface area contributed by atoms with Crippen LogP contribution in [0.2, 0.25) is 0 Å². The van der Waals surface area contributed by atoms with Crippen molar-refractivity contribution in [2.45, 2.75) is 12.8 Å². The summed E-state index contributed by atoms with van der Waals surface area (Å²) in [4.78, 5) is 0. The fourth-order valence-corrected chi connectivity index (χ4v) is 1.86. The van der Waals surface area contributed by atoms with Crippen molar-refractivity contribution in [1.29, 1.82) is 0 Å². The maximum atomic E-state index is 12.8. The number of hydrogen-bond acceptors (Lipinski definition) is 5. The molecule has 19 heavy (non-hydrogen) atoms. The van der Waals surface area contributed by atoms with E-state index >= 15 is 0 Å². The van der Waals surface area contributed by atoms with Crippen molar-refractivity contribution in [3.8, 4) is 0 Å². The second-order valence-corrected chi connectivity index (χ2v) is 5.63. The molecule has 108 valence electrons. The van der Waals surface area contributed by atoms with Crippen LogP contribution in [0.1, 0.15) is 12.8 Å². The summed E-state index contributed by atoms with van der Waals surface area (Å²) >= 11 is 0. The van der Waals surface area contributed by atoms with Gasteiger partial charge in [0.15, 0.2) is 0 Å². The maximum absolute atomic E-state index is 12.8. The van der Waals surface area contributed by atoms with E-state index in [4.69, 9.17) is 0 Å². The first-order valence-corrected chi connectivity index (χ1v) is 7.59. The van der Waals surface area contributed by atoms with Crippen LogP contribution in [0.4, 0.5) is 7.77 Å². The van der Waals surface area contributed by atoms with Crippen LogP contribution in [0.25, 0.3) is 0 Å². The molecular formula is C10H12F2O5S2. The number of rotatable bonds is 8. The van der Waals surface area contributed by atoms with Gasteiger partial charge in [-0.15, -0.1) is 13.2 Å². The molecule has 0 fully saturated rings. The van der Waals surface area contributed by atoms with Crippen LogP contribution in [0.5, 0.6) is 0 Å². The molecule has 0 aliphatic heterocycles. The molecule has 0 spiro atoms. The molecule has 0 aliphatic rings. The molecule has 5 nitrogen and oxygen atoms in total. The standard InChI is InChI=1S/C10H12F2O5S2/c1-3-5-7-9(18(11,13)14)17-10(8-6-4-2)19(12,15)16/h3-4,7-8H,1-2,5-6H2/b9-7+,10-8+. The number of allylic oxidation sites excluding steroid dienone is 4. The van der Waals surface area contributed by atoms with Gasteiger partial charge in [0, 0.05) is 0 Å². The molecule has 9 heteroatoms. The Morgan fingerprint density at radius 3 is 1.42 bits per heavy atom. The van der Waals surface area contributed by atoms with Gasteiger partial charge in [-0.05, 0) is 25.0 Å². The molecule has 0 aromatic rings. The molecule has 0 saturated heterocycles. The number of halogens is 2. The van der Waals surface area contributed by atoms with E-state index in [-0.39, 0.29) is 12.8 Å². The van der Waals surface area contributed by atoms with E-state index in [0.717, 1.165) is 12.2 Å². The second-order valence-electron chi connectivity index (χ2n) is 3.07. The van der Waals surface area contributed by atoms with Gasteiger partial charge >= 0.3 is 20.4 Å². The smallest absolute Gasteiger partial charge is 0.365 e. The Balaban J connectivity index is 5.52.